The lowest BCUT2D eigenvalue weighted by Crippen LogP contribution is -2.05. The van der Waals surface area contributed by atoms with E-state index in [-0.39, 0.29) is 5.78 Å². The second-order valence-electron chi connectivity index (χ2n) is 4.62. The van der Waals surface area contributed by atoms with Gasteiger partial charge in [-0.25, -0.2) is 0 Å². The van der Waals surface area contributed by atoms with Crippen molar-refractivity contribution < 1.29 is 4.79 Å². The minimum atomic E-state index is 0.0937. The SMILES string of the molecule is CC(C)c1cncc(C(=O)Cc2ccncc2)c1. The van der Waals surface area contributed by atoms with Gasteiger partial charge in [0.1, 0.15) is 0 Å². The van der Waals surface area contributed by atoms with Gasteiger partial charge in [-0.1, -0.05) is 13.8 Å². The molecule has 0 N–H and O–H groups in total. The molecule has 0 radical (unpaired) electrons. The van der Waals surface area contributed by atoms with E-state index < -0.39 is 0 Å². The molecule has 0 aromatic carbocycles. The Morgan fingerprint density at radius 2 is 1.89 bits per heavy atom. The molecule has 0 saturated carbocycles. The van der Waals surface area contributed by atoms with Gasteiger partial charge in [0.2, 0.25) is 0 Å². The van der Waals surface area contributed by atoms with Gasteiger partial charge in [0.15, 0.2) is 5.78 Å². The van der Waals surface area contributed by atoms with Gasteiger partial charge in [0, 0.05) is 36.8 Å². The maximum Gasteiger partial charge on any atom is 0.168 e. The van der Waals surface area contributed by atoms with Crippen molar-refractivity contribution in [3.05, 3.63) is 59.7 Å². The van der Waals surface area contributed by atoms with Crippen LogP contribution in [-0.4, -0.2) is 15.8 Å². The molecule has 3 nitrogen and oxygen atoms in total. The molecular weight excluding hydrogens is 224 g/mol. The topological polar surface area (TPSA) is 42.9 Å². The second kappa shape index (κ2) is 5.54. The molecule has 0 unspecified atom stereocenters. The van der Waals surface area contributed by atoms with E-state index in [4.69, 9.17) is 0 Å². The summed E-state index contributed by atoms with van der Waals surface area (Å²) in [6.07, 6.45) is 7.24. The third-order valence-electron chi connectivity index (χ3n) is 2.86. The van der Waals surface area contributed by atoms with Crippen LogP contribution in [0.25, 0.3) is 0 Å². The third kappa shape index (κ3) is 3.00. The lowest BCUT2D eigenvalue weighted by atomic mass is 10.00. The third-order valence-corrected chi connectivity index (χ3v) is 2.86. The minimum absolute atomic E-state index is 0.0937. The number of carbonyl (C=O) groups excluding carboxylic acids is 1. The first-order valence-corrected chi connectivity index (χ1v) is 6.04. The van der Waals surface area contributed by atoms with Gasteiger partial charge in [-0.15, -0.1) is 0 Å². The zero-order valence-electron chi connectivity index (χ0n) is 10.6. The molecule has 0 saturated heterocycles. The van der Waals surface area contributed by atoms with Crippen LogP contribution in [-0.2, 0) is 6.42 Å². The van der Waals surface area contributed by atoms with Crippen LogP contribution in [0.2, 0.25) is 0 Å². The number of carbonyl (C=O) groups is 1. The summed E-state index contributed by atoms with van der Waals surface area (Å²) in [5, 5.41) is 0. The Morgan fingerprint density at radius 3 is 2.56 bits per heavy atom. The molecule has 0 atom stereocenters. The summed E-state index contributed by atoms with van der Waals surface area (Å²) < 4.78 is 0. The number of hydrogen-bond acceptors (Lipinski definition) is 3. The fraction of sp³-hybridized carbons (Fsp3) is 0.267. The van der Waals surface area contributed by atoms with Gasteiger partial charge < -0.3 is 0 Å². The summed E-state index contributed by atoms with van der Waals surface area (Å²) in [6.45, 7) is 4.18. The number of hydrogen-bond donors (Lipinski definition) is 0. The highest BCUT2D eigenvalue weighted by Crippen LogP contribution is 2.15. The van der Waals surface area contributed by atoms with E-state index in [1.165, 1.54) is 0 Å². The zero-order valence-corrected chi connectivity index (χ0v) is 10.6. The van der Waals surface area contributed by atoms with Gasteiger partial charge in [-0.05, 0) is 35.2 Å². The molecular formula is C15H16N2O. The predicted octanol–water partition coefficient (Wildman–Crippen LogP) is 3.03. The molecule has 0 aliphatic carbocycles. The highest BCUT2D eigenvalue weighted by molar-refractivity contribution is 5.97. The van der Waals surface area contributed by atoms with Gasteiger partial charge >= 0.3 is 0 Å². The lowest BCUT2D eigenvalue weighted by molar-refractivity contribution is 0.0992. The average Bonchev–Trinajstić information content (AvgIpc) is 2.40. The van der Waals surface area contributed by atoms with E-state index in [9.17, 15) is 4.79 Å². The van der Waals surface area contributed by atoms with Crippen molar-refractivity contribution in [3.63, 3.8) is 0 Å². The van der Waals surface area contributed by atoms with E-state index in [1.807, 2.05) is 24.4 Å². The first-order chi connectivity index (χ1) is 8.66. The van der Waals surface area contributed by atoms with Crippen molar-refractivity contribution in [3.8, 4) is 0 Å². The molecule has 0 fully saturated rings. The zero-order chi connectivity index (χ0) is 13.0. The molecule has 2 rings (SSSR count). The molecule has 0 spiro atoms. The number of ketones is 1. The Balaban J connectivity index is 2.16. The summed E-state index contributed by atoms with van der Waals surface area (Å²) in [5.41, 5.74) is 2.75. The maximum atomic E-state index is 12.1. The summed E-state index contributed by atoms with van der Waals surface area (Å²) in [5.74, 6) is 0.474. The van der Waals surface area contributed by atoms with Crippen molar-refractivity contribution in [1.82, 2.24) is 9.97 Å². The maximum absolute atomic E-state index is 12.1. The van der Waals surface area contributed by atoms with Crippen molar-refractivity contribution in [1.29, 1.82) is 0 Å². The molecule has 0 amide bonds. The van der Waals surface area contributed by atoms with E-state index >= 15 is 0 Å². The van der Waals surface area contributed by atoms with Crippen LogP contribution < -0.4 is 0 Å². The van der Waals surface area contributed by atoms with Crippen LogP contribution in [0.4, 0.5) is 0 Å². The van der Waals surface area contributed by atoms with Crippen molar-refractivity contribution in [2.75, 3.05) is 0 Å². The van der Waals surface area contributed by atoms with Crippen molar-refractivity contribution in [2.45, 2.75) is 26.2 Å². The molecule has 0 aliphatic rings. The molecule has 2 aromatic rings. The normalized spacial score (nSPS) is 10.6. The standard InChI is InChI=1S/C15H16N2O/c1-11(2)13-8-14(10-17-9-13)15(18)7-12-3-5-16-6-4-12/h3-6,8-11H,7H2,1-2H3. The molecule has 18 heavy (non-hydrogen) atoms. The summed E-state index contributed by atoms with van der Waals surface area (Å²) in [4.78, 5) is 20.2. The lowest BCUT2D eigenvalue weighted by Gasteiger charge is -2.06. The van der Waals surface area contributed by atoms with Crippen LogP contribution in [0.1, 0.15) is 41.3 Å². The molecule has 3 heteroatoms. The van der Waals surface area contributed by atoms with Gasteiger partial charge in [-0.3, -0.25) is 14.8 Å². The quantitative estimate of drug-likeness (QED) is 0.771. The van der Waals surface area contributed by atoms with Crippen LogP contribution in [0, 0.1) is 0 Å². The highest BCUT2D eigenvalue weighted by Gasteiger charge is 2.09. The smallest absolute Gasteiger partial charge is 0.168 e. The van der Waals surface area contributed by atoms with E-state index in [0.29, 0.717) is 17.9 Å². The van der Waals surface area contributed by atoms with Crippen LogP contribution in [0.5, 0.6) is 0 Å². The van der Waals surface area contributed by atoms with E-state index in [1.54, 1.807) is 18.6 Å². The Kier molecular flexibility index (Phi) is 3.82. The molecule has 92 valence electrons. The van der Waals surface area contributed by atoms with Crippen LogP contribution in [0.15, 0.2) is 43.0 Å². The largest absolute Gasteiger partial charge is 0.294 e. The minimum Gasteiger partial charge on any atom is -0.294 e. The Hall–Kier alpha value is -2.03. The van der Waals surface area contributed by atoms with Gasteiger partial charge in [0.25, 0.3) is 0 Å². The monoisotopic (exact) mass is 240 g/mol. The predicted molar refractivity (Wildman–Crippen MR) is 70.6 cm³/mol. The second-order valence-corrected chi connectivity index (χ2v) is 4.62. The molecule has 0 aliphatic heterocycles. The number of pyridine rings is 2. The summed E-state index contributed by atoms with van der Waals surface area (Å²) >= 11 is 0. The van der Waals surface area contributed by atoms with Crippen molar-refractivity contribution >= 4 is 5.78 Å². The summed E-state index contributed by atoms with van der Waals surface area (Å²) in [6, 6.07) is 5.65. The molecule has 2 heterocycles. The Labute approximate surface area is 107 Å². The number of aromatic nitrogens is 2. The fourth-order valence-corrected chi connectivity index (χ4v) is 1.71. The average molecular weight is 240 g/mol. The number of rotatable bonds is 4. The van der Waals surface area contributed by atoms with Crippen LogP contribution in [0.3, 0.4) is 0 Å². The Morgan fingerprint density at radius 1 is 1.17 bits per heavy atom. The first kappa shape index (κ1) is 12.4. The van der Waals surface area contributed by atoms with E-state index in [0.717, 1.165) is 11.1 Å². The highest BCUT2D eigenvalue weighted by atomic mass is 16.1. The number of Topliss-reactive ketones (excluding diaryl/α,β-unsaturated/α-hetero) is 1. The van der Waals surface area contributed by atoms with Crippen LogP contribution >= 0.6 is 0 Å². The fourth-order valence-electron chi connectivity index (χ4n) is 1.71. The van der Waals surface area contributed by atoms with Gasteiger partial charge in [0.05, 0.1) is 0 Å². The first-order valence-electron chi connectivity index (χ1n) is 6.04. The van der Waals surface area contributed by atoms with Crippen molar-refractivity contribution in [2.24, 2.45) is 0 Å². The number of nitrogens with zero attached hydrogens (tertiary/aromatic N) is 2. The summed E-state index contributed by atoms with van der Waals surface area (Å²) in [7, 11) is 0. The molecule has 0 bridgehead atoms. The van der Waals surface area contributed by atoms with E-state index in [2.05, 4.69) is 23.8 Å². The Bertz CT molecular complexity index is 535. The van der Waals surface area contributed by atoms with Gasteiger partial charge in [-0.2, -0.15) is 0 Å². The molecule has 2 aromatic heterocycles.